The van der Waals surface area contributed by atoms with E-state index in [0.29, 0.717) is 12.0 Å². The van der Waals surface area contributed by atoms with Gasteiger partial charge < -0.3 is 9.15 Å². The third-order valence-corrected chi connectivity index (χ3v) is 4.70. The lowest BCUT2D eigenvalue weighted by Gasteiger charge is -2.18. The molecule has 1 fully saturated rings. The standard InChI is InChI=1S/C18H24N2O2/c1-12-9-16(15-5-7-17(21-4)8-6-15)10-20(12)11-18-19-13(2)14(3)22-18/h5-8,12,16H,9-11H2,1-4H3. The van der Waals surface area contributed by atoms with E-state index in [2.05, 4.69) is 28.9 Å². The average molecular weight is 300 g/mol. The van der Waals surface area contributed by atoms with Crippen molar-refractivity contribution in [3.63, 3.8) is 0 Å². The number of hydrogen-bond acceptors (Lipinski definition) is 4. The van der Waals surface area contributed by atoms with Crippen LogP contribution in [0.25, 0.3) is 0 Å². The van der Waals surface area contributed by atoms with Crippen molar-refractivity contribution < 1.29 is 9.15 Å². The third kappa shape index (κ3) is 3.02. The van der Waals surface area contributed by atoms with Crippen LogP contribution in [0.3, 0.4) is 0 Å². The van der Waals surface area contributed by atoms with Gasteiger partial charge in [0.2, 0.25) is 5.89 Å². The highest BCUT2D eigenvalue weighted by Gasteiger charge is 2.30. The third-order valence-electron chi connectivity index (χ3n) is 4.70. The van der Waals surface area contributed by atoms with E-state index in [9.17, 15) is 0 Å². The van der Waals surface area contributed by atoms with Crippen LogP contribution in [-0.2, 0) is 6.54 Å². The first-order valence-electron chi connectivity index (χ1n) is 7.87. The summed E-state index contributed by atoms with van der Waals surface area (Å²) in [5, 5.41) is 0. The van der Waals surface area contributed by atoms with Crippen LogP contribution in [0.5, 0.6) is 5.75 Å². The Morgan fingerprint density at radius 3 is 2.59 bits per heavy atom. The molecule has 1 aromatic carbocycles. The molecule has 2 unspecified atom stereocenters. The predicted octanol–water partition coefficient (Wildman–Crippen LogP) is 3.68. The van der Waals surface area contributed by atoms with Crippen LogP contribution >= 0.6 is 0 Å². The average Bonchev–Trinajstić information content (AvgIpc) is 3.03. The molecule has 0 N–H and O–H groups in total. The highest BCUT2D eigenvalue weighted by molar-refractivity contribution is 5.30. The molecule has 1 aromatic heterocycles. The quantitative estimate of drug-likeness (QED) is 0.863. The van der Waals surface area contributed by atoms with Crippen molar-refractivity contribution in [3.05, 3.63) is 47.2 Å². The van der Waals surface area contributed by atoms with Gasteiger partial charge in [-0.05, 0) is 50.8 Å². The molecule has 0 radical (unpaired) electrons. The second-order valence-corrected chi connectivity index (χ2v) is 6.23. The fraction of sp³-hybridized carbons (Fsp3) is 0.500. The zero-order valence-corrected chi connectivity index (χ0v) is 13.8. The predicted molar refractivity (Wildman–Crippen MR) is 86.2 cm³/mol. The highest BCUT2D eigenvalue weighted by Crippen LogP contribution is 2.33. The SMILES string of the molecule is COc1ccc(C2CC(C)N(Cc3nc(C)c(C)o3)C2)cc1. The molecule has 1 saturated heterocycles. The number of benzene rings is 1. The molecule has 0 bridgehead atoms. The van der Waals surface area contributed by atoms with Crippen molar-refractivity contribution in [2.24, 2.45) is 0 Å². The second-order valence-electron chi connectivity index (χ2n) is 6.23. The van der Waals surface area contributed by atoms with Crippen LogP contribution in [0.2, 0.25) is 0 Å². The minimum absolute atomic E-state index is 0.541. The summed E-state index contributed by atoms with van der Waals surface area (Å²) in [6.07, 6.45) is 1.17. The fourth-order valence-electron chi connectivity index (χ4n) is 3.22. The molecule has 0 aliphatic carbocycles. The van der Waals surface area contributed by atoms with Crippen LogP contribution in [0.15, 0.2) is 28.7 Å². The summed E-state index contributed by atoms with van der Waals surface area (Å²) >= 11 is 0. The summed E-state index contributed by atoms with van der Waals surface area (Å²) in [6.45, 7) is 8.10. The summed E-state index contributed by atoms with van der Waals surface area (Å²) in [5.74, 6) is 3.24. The van der Waals surface area contributed by atoms with Gasteiger partial charge in [0.15, 0.2) is 0 Å². The number of nitrogens with zero attached hydrogens (tertiary/aromatic N) is 2. The van der Waals surface area contributed by atoms with Gasteiger partial charge in [-0.25, -0.2) is 4.98 Å². The van der Waals surface area contributed by atoms with Crippen LogP contribution in [0.1, 0.15) is 42.2 Å². The summed E-state index contributed by atoms with van der Waals surface area (Å²) in [7, 11) is 1.70. The van der Waals surface area contributed by atoms with Crippen molar-refractivity contribution in [1.29, 1.82) is 0 Å². The summed E-state index contributed by atoms with van der Waals surface area (Å²) in [5.41, 5.74) is 2.38. The number of aromatic nitrogens is 1. The second kappa shape index (κ2) is 6.13. The Kier molecular flexibility index (Phi) is 4.21. The first-order valence-corrected chi connectivity index (χ1v) is 7.87. The van der Waals surface area contributed by atoms with E-state index in [-0.39, 0.29) is 0 Å². The molecule has 2 atom stereocenters. The van der Waals surface area contributed by atoms with E-state index < -0.39 is 0 Å². The Balaban J connectivity index is 1.68. The lowest BCUT2D eigenvalue weighted by molar-refractivity contribution is 0.231. The molecule has 1 aliphatic rings. The van der Waals surface area contributed by atoms with E-state index in [1.54, 1.807) is 7.11 Å². The lowest BCUT2D eigenvalue weighted by Crippen LogP contribution is -2.26. The molecule has 0 saturated carbocycles. The first-order chi connectivity index (χ1) is 10.6. The van der Waals surface area contributed by atoms with Crippen molar-refractivity contribution >= 4 is 0 Å². The topological polar surface area (TPSA) is 38.5 Å². The van der Waals surface area contributed by atoms with Crippen LogP contribution in [0, 0.1) is 13.8 Å². The maximum atomic E-state index is 5.73. The number of rotatable bonds is 4. The Morgan fingerprint density at radius 2 is 2.00 bits per heavy atom. The number of ether oxygens (including phenoxy) is 1. The van der Waals surface area contributed by atoms with E-state index in [0.717, 1.165) is 36.2 Å². The molecular formula is C18H24N2O2. The zero-order valence-electron chi connectivity index (χ0n) is 13.8. The van der Waals surface area contributed by atoms with Gasteiger partial charge in [0, 0.05) is 12.6 Å². The molecule has 2 aromatic rings. The van der Waals surface area contributed by atoms with E-state index >= 15 is 0 Å². The molecular weight excluding hydrogens is 276 g/mol. The van der Waals surface area contributed by atoms with E-state index in [1.165, 1.54) is 12.0 Å². The van der Waals surface area contributed by atoms with Crippen molar-refractivity contribution in [2.45, 2.75) is 45.7 Å². The molecule has 0 amide bonds. The fourth-order valence-corrected chi connectivity index (χ4v) is 3.22. The molecule has 3 rings (SSSR count). The van der Waals surface area contributed by atoms with Gasteiger partial charge in [-0.1, -0.05) is 12.1 Å². The summed E-state index contributed by atoms with van der Waals surface area (Å²) in [4.78, 5) is 6.96. The number of hydrogen-bond donors (Lipinski definition) is 0. The Bertz CT molecular complexity index is 614. The van der Waals surface area contributed by atoms with Crippen molar-refractivity contribution in [2.75, 3.05) is 13.7 Å². The van der Waals surface area contributed by atoms with Crippen molar-refractivity contribution in [1.82, 2.24) is 9.88 Å². The minimum atomic E-state index is 0.541. The summed E-state index contributed by atoms with van der Waals surface area (Å²) < 4.78 is 11.0. The van der Waals surface area contributed by atoms with Gasteiger partial charge in [-0.3, -0.25) is 4.90 Å². The largest absolute Gasteiger partial charge is 0.497 e. The van der Waals surface area contributed by atoms with E-state index in [1.807, 2.05) is 26.0 Å². The van der Waals surface area contributed by atoms with Gasteiger partial charge in [0.25, 0.3) is 0 Å². The molecule has 118 valence electrons. The highest BCUT2D eigenvalue weighted by atomic mass is 16.5. The maximum Gasteiger partial charge on any atom is 0.208 e. The van der Waals surface area contributed by atoms with Gasteiger partial charge in [0.05, 0.1) is 19.3 Å². The number of aryl methyl sites for hydroxylation is 2. The van der Waals surface area contributed by atoms with Gasteiger partial charge in [0.1, 0.15) is 11.5 Å². The molecule has 1 aliphatic heterocycles. The summed E-state index contributed by atoms with van der Waals surface area (Å²) in [6, 6.07) is 8.99. The smallest absolute Gasteiger partial charge is 0.208 e. The first kappa shape index (κ1) is 15.1. The minimum Gasteiger partial charge on any atom is -0.497 e. The van der Waals surface area contributed by atoms with Crippen LogP contribution < -0.4 is 4.74 Å². The van der Waals surface area contributed by atoms with Gasteiger partial charge in [-0.15, -0.1) is 0 Å². The van der Waals surface area contributed by atoms with E-state index in [4.69, 9.17) is 9.15 Å². The van der Waals surface area contributed by atoms with Gasteiger partial charge in [-0.2, -0.15) is 0 Å². The Hall–Kier alpha value is -1.81. The number of likely N-dealkylation sites (tertiary alicyclic amines) is 1. The Labute approximate surface area is 132 Å². The van der Waals surface area contributed by atoms with Crippen molar-refractivity contribution in [3.8, 4) is 5.75 Å². The van der Waals surface area contributed by atoms with Crippen LogP contribution in [-0.4, -0.2) is 29.6 Å². The normalized spacial score (nSPS) is 22.2. The molecule has 0 spiro atoms. The Morgan fingerprint density at radius 1 is 1.27 bits per heavy atom. The molecule has 4 heteroatoms. The van der Waals surface area contributed by atoms with Crippen LogP contribution in [0.4, 0.5) is 0 Å². The lowest BCUT2D eigenvalue weighted by atomic mass is 9.97. The monoisotopic (exact) mass is 300 g/mol. The van der Waals surface area contributed by atoms with Gasteiger partial charge >= 0.3 is 0 Å². The molecule has 4 nitrogen and oxygen atoms in total. The molecule has 22 heavy (non-hydrogen) atoms. The maximum absolute atomic E-state index is 5.73. The molecule has 2 heterocycles. The number of oxazole rings is 1. The number of methoxy groups -OCH3 is 1. The zero-order chi connectivity index (χ0) is 15.7.